The molecule has 0 aliphatic heterocycles. The molecule has 14 aromatic rings. The predicted octanol–water partition coefficient (Wildman–Crippen LogP) is 19.1. The molecule has 0 radical (unpaired) electrons. The maximum absolute atomic E-state index is 6.66. The van der Waals surface area contributed by atoms with Crippen LogP contribution in [0.25, 0.3) is 115 Å². The number of furan rings is 1. The summed E-state index contributed by atoms with van der Waals surface area (Å²) in [5.74, 6) is 0. The van der Waals surface area contributed by atoms with E-state index in [1.165, 1.54) is 65.6 Å². The van der Waals surface area contributed by atoms with E-state index in [-0.39, 0.29) is 0 Å². The third-order valence-electron chi connectivity index (χ3n) is 14.4. The predicted molar refractivity (Wildman–Crippen MR) is 299 cm³/mol. The molecule has 0 aliphatic rings. The first-order chi connectivity index (χ1) is 35.2. The molecule has 14 rings (SSSR count). The van der Waals surface area contributed by atoms with E-state index < -0.39 is 0 Å². The van der Waals surface area contributed by atoms with Gasteiger partial charge in [0.05, 0.1) is 22.4 Å². The van der Waals surface area contributed by atoms with E-state index in [1.807, 2.05) is 6.07 Å². The highest BCUT2D eigenvalue weighted by Crippen LogP contribution is 2.46. The monoisotopic (exact) mass is 904 g/mol. The molecule has 12 aromatic carbocycles. The van der Waals surface area contributed by atoms with E-state index in [9.17, 15) is 0 Å². The number of anilines is 3. The molecule has 0 N–H and O–H groups in total. The number of hydrogen-bond donors (Lipinski definition) is 0. The summed E-state index contributed by atoms with van der Waals surface area (Å²) in [6.07, 6.45) is 0. The van der Waals surface area contributed by atoms with E-state index in [0.29, 0.717) is 0 Å². The van der Waals surface area contributed by atoms with E-state index in [2.05, 4.69) is 270 Å². The summed E-state index contributed by atoms with van der Waals surface area (Å²) < 4.78 is 9.06. The maximum Gasteiger partial charge on any atom is 0.143 e. The third-order valence-corrected chi connectivity index (χ3v) is 14.4. The molecule has 3 heteroatoms. The Morgan fingerprint density at radius 1 is 0.296 bits per heavy atom. The van der Waals surface area contributed by atoms with Gasteiger partial charge in [0.25, 0.3) is 0 Å². The minimum absolute atomic E-state index is 0.885. The van der Waals surface area contributed by atoms with Gasteiger partial charge >= 0.3 is 0 Å². The van der Waals surface area contributed by atoms with Crippen molar-refractivity contribution in [3.8, 4) is 50.2 Å². The van der Waals surface area contributed by atoms with Crippen molar-refractivity contribution < 1.29 is 4.42 Å². The second-order valence-corrected chi connectivity index (χ2v) is 18.4. The van der Waals surface area contributed by atoms with Crippen molar-refractivity contribution in [1.82, 2.24) is 4.57 Å². The molecule has 0 atom stereocenters. The highest BCUT2D eigenvalue weighted by atomic mass is 16.3. The molecule has 2 aromatic heterocycles. The minimum Gasteiger partial charge on any atom is -0.455 e. The number of fused-ring (bicyclic) bond motifs is 9. The SMILES string of the molecule is c1ccc(N(c2ccc(-c3ccc(-c4ccccc4-n4c5ccccc5c5ccccc54)cc3)cc2)c2ccc(-c3cc4ccccc4c4ccccc34)cc2)c(-c2cccc3c2oc2ccccc23)c1. The topological polar surface area (TPSA) is 21.3 Å². The normalized spacial score (nSPS) is 11.7. The summed E-state index contributed by atoms with van der Waals surface area (Å²) in [4.78, 5) is 2.39. The van der Waals surface area contributed by atoms with E-state index >= 15 is 0 Å². The lowest BCUT2D eigenvalue weighted by atomic mass is 9.93. The number of hydrogen-bond acceptors (Lipinski definition) is 2. The van der Waals surface area contributed by atoms with Crippen LogP contribution in [0.2, 0.25) is 0 Å². The van der Waals surface area contributed by atoms with Crippen LogP contribution in [-0.4, -0.2) is 4.57 Å². The van der Waals surface area contributed by atoms with Gasteiger partial charge in [-0.3, -0.25) is 0 Å². The number of rotatable bonds is 8. The summed E-state index contributed by atoms with van der Waals surface area (Å²) in [6, 6.07) is 96.6. The van der Waals surface area contributed by atoms with Gasteiger partial charge in [0.1, 0.15) is 11.2 Å². The van der Waals surface area contributed by atoms with Gasteiger partial charge < -0.3 is 13.9 Å². The summed E-state index contributed by atoms with van der Waals surface area (Å²) in [7, 11) is 0. The van der Waals surface area contributed by atoms with Gasteiger partial charge in [0.2, 0.25) is 0 Å². The molecule has 0 aliphatic carbocycles. The zero-order valence-electron chi connectivity index (χ0n) is 38.7. The lowest BCUT2D eigenvalue weighted by Crippen LogP contribution is -2.11. The van der Waals surface area contributed by atoms with Gasteiger partial charge in [-0.2, -0.15) is 0 Å². The molecule has 0 saturated carbocycles. The van der Waals surface area contributed by atoms with Gasteiger partial charge in [-0.15, -0.1) is 0 Å². The van der Waals surface area contributed by atoms with Crippen LogP contribution in [0, 0.1) is 0 Å². The fourth-order valence-corrected chi connectivity index (χ4v) is 11.1. The van der Waals surface area contributed by atoms with Gasteiger partial charge in [-0.05, 0) is 110 Å². The quantitative estimate of drug-likeness (QED) is 0.142. The summed E-state index contributed by atoms with van der Waals surface area (Å²) in [6.45, 7) is 0. The van der Waals surface area contributed by atoms with Crippen LogP contribution in [0.5, 0.6) is 0 Å². The molecule has 2 heterocycles. The van der Waals surface area contributed by atoms with Gasteiger partial charge in [-0.25, -0.2) is 0 Å². The van der Waals surface area contributed by atoms with Crippen LogP contribution < -0.4 is 4.90 Å². The Balaban J connectivity index is 0.863. The Labute approximate surface area is 411 Å². The maximum atomic E-state index is 6.66. The van der Waals surface area contributed by atoms with Crippen molar-refractivity contribution in [3.05, 3.63) is 267 Å². The second-order valence-electron chi connectivity index (χ2n) is 18.4. The Morgan fingerprint density at radius 2 is 0.775 bits per heavy atom. The van der Waals surface area contributed by atoms with Crippen LogP contribution in [0.3, 0.4) is 0 Å². The lowest BCUT2D eigenvalue weighted by molar-refractivity contribution is 0.670. The average Bonchev–Trinajstić information content (AvgIpc) is 4.00. The molecule has 0 bridgehead atoms. The Morgan fingerprint density at radius 3 is 1.49 bits per heavy atom. The van der Waals surface area contributed by atoms with E-state index in [1.54, 1.807) is 0 Å². The number of benzene rings is 12. The van der Waals surface area contributed by atoms with Crippen LogP contribution >= 0.6 is 0 Å². The molecule has 0 fully saturated rings. The fourth-order valence-electron chi connectivity index (χ4n) is 11.1. The highest BCUT2D eigenvalue weighted by Gasteiger charge is 2.22. The van der Waals surface area contributed by atoms with E-state index in [0.717, 1.165) is 66.9 Å². The Bertz CT molecular complexity index is 4280. The summed E-state index contributed by atoms with van der Waals surface area (Å²) in [5.41, 5.74) is 17.7. The van der Waals surface area contributed by atoms with Crippen molar-refractivity contribution in [2.75, 3.05) is 4.90 Å². The first-order valence-electron chi connectivity index (χ1n) is 24.3. The average molecular weight is 905 g/mol. The standard InChI is InChI=1S/C68H44N2O/c1-2-17-52-49(16-1)44-62(55-20-4-3-19-54(52)55)48-38-42-51(43-39-48)69(64-28-11-8-23-58(64)60-25-15-26-61-59-24-9-14-31-67(59)71-68(60)61)50-40-36-46(37-41-50)45-32-34-47(35-33-45)53-18-5-10-27-63(53)70-65-29-12-6-21-56(65)57-22-7-13-30-66(57)70/h1-44H. The first-order valence-corrected chi connectivity index (χ1v) is 24.3. The van der Waals surface area contributed by atoms with Crippen LogP contribution in [0.4, 0.5) is 17.1 Å². The Hall–Kier alpha value is -9.44. The van der Waals surface area contributed by atoms with Crippen LogP contribution in [0.1, 0.15) is 0 Å². The van der Waals surface area contributed by atoms with Crippen LogP contribution in [0.15, 0.2) is 271 Å². The molecule has 332 valence electrons. The molecule has 0 unspecified atom stereocenters. The van der Waals surface area contributed by atoms with Gasteiger partial charge in [0.15, 0.2) is 0 Å². The lowest BCUT2D eigenvalue weighted by Gasteiger charge is -2.28. The van der Waals surface area contributed by atoms with Gasteiger partial charge in [-0.1, -0.05) is 206 Å². The molecule has 71 heavy (non-hydrogen) atoms. The molecule has 3 nitrogen and oxygen atoms in total. The zero-order valence-corrected chi connectivity index (χ0v) is 38.7. The van der Waals surface area contributed by atoms with Crippen molar-refractivity contribution in [2.45, 2.75) is 0 Å². The third kappa shape index (κ3) is 6.74. The van der Waals surface area contributed by atoms with Crippen molar-refractivity contribution in [1.29, 1.82) is 0 Å². The zero-order chi connectivity index (χ0) is 46.8. The molecular weight excluding hydrogens is 861 g/mol. The second kappa shape index (κ2) is 16.7. The highest BCUT2D eigenvalue weighted by molar-refractivity contribution is 6.14. The van der Waals surface area contributed by atoms with Crippen molar-refractivity contribution in [3.63, 3.8) is 0 Å². The Kier molecular flexibility index (Phi) is 9.53. The number of aromatic nitrogens is 1. The van der Waals surface area contributed by atoms with Crippen molar-refractivity contribution in [2.24, 2.45) is 0 Å². The van der Waals surface area contributed by atoms with Gasteiger partial charge in [0, 0.05) is 49.6 Å². The largest absolute Gasteiger partial charge is 0.455 e. The van der Waals surface area contributed by atoms with Crippen LogP contribution in [-0.2, 0) is 0 Å². The smallest absolute Gasteiger partial charge is 0.143 e. The number of nitrogens with zero attached hydrogens (tertiary/aromatic N) is 2. The molecule has 0 saturated heterocycles. The minimum atomic E-state index is 0.885. The molecule has 0 spiro atoms. The van der Waals surface area contributed by atoms with Crippen molar-refractivity contribution >= 4 is 82.4 Å². The molecule has 0 amide bonds. The fraction of sp³-hybridized carbons (Fsp3) is 0. The summed E-state index contributed by atoms with van der Waals surface area (Å²) >= 11 is 0. The number of para-hydroxylation sites is 6. The van der Waals surface area contributed by atoms with E-state index in [4.69, 9.17) is 4.42 Å². The molecular formula is C68H44N2O. The summed E-state index contributed by atoms with van der Waals surface area (Å²) in [5, 5.41) is 9.76. The first kappa shape index (κ1) is 40.6.